The zero-order valence-corrected chi connectivity index (χ0v) is 19.5. The molecule has 2 aromatic rings. The largest absolute Gasteiger partial charge is 0.493 e. The first-order valence-electron chi connectivity index (χ1n) is 10.6. The molecule has 0 atom stereocenters. The summed E-state index contributed by atoms with van der Waals surface area (Å²) < 4.78 is 32.9. The highest BCUT2D eigenvalue weighted by molar-refractivity contribution is 7.89. The molecule has 0 unspecified atom stereocenters. The lowest BCUT2D eigenvalue weighted by Crippen LogP contribution is -2.40. The second kappa shape index (κ2) is 10.5. The van der Waals surface area contributed by atoms with Gasteiger partial charge in [-0.1, -0.05) is 43.6 Å². The molecular weight excluding hydrogens is 436 g/mol. The second-order valence-electron chi connectivity index (χ2n) is 7.59. The number of piperidine rings is 1. The minimum atomic E-state index is -3.66. The third-order valence-corrected chi connectivity index (χ3v) is 8.02. The summed E-state index contributed by atoms with van der Waals surface area (Å²) in [5.41, 5.74) is 0.230. The molecule has 6 nitrogen and oxygen atoms in total. The molecule has 0 saturated carbocycles. The van der Waals surface area contributed by atoms with Gasteiger partial charge in [0.05, 0.1) is 22.1 Å². The first-order chi connectivity index (χ1) is 14.9. The number of likely N-dealkylation sites (tertiary alicyclic amines) is 1. The van der Waals surface area contributed by atoms with Crippen LogP contribution in [-0.4, -0.2) is 56.3 Å². The zero-order valence-electron chi connectivity index (χ0n) is 18.0. The van der Waals surface area contributed by atoms with E-state index in [1.54, 1.807) is 18.7 Å². The van der Waals surface area contributed by atoms with Crippen LogP contribution < -0.4 is 4.74 Å². The van der Waals surface area contributed by atoms with Crippen molar-refractivity contribution >= 4 is 27.5 Å². The number of amides is 1. The third-order valence-electron chi connectivity index (χ3n) is 5.64. The number of sulfonamides is 1. The smallest absolute Gasteiger partial charge is 0.255 e. The molecule has 1 aliphatic rings. The van der Waals surface area contributed by atoms with Gasteiger partial charge in [-0.05, 0) is 49.1 Å². The molecule has 1 saturated heterocycles. The van der Waals surface area contributed by atoms with E-state index in [-0.39, 0.29) is 21.4 Å². The fourth-order valence-corrected chi connectivity index (χ4v) is 5.43. The Balaban J connectivity index is 1.65. The number of para-hydroxylation sites is 1. The first kappa shape index (κ1) is 23.6. The highest BCUT2D eigenvalue weighted by Gasteiger charge is 2.28. The molecule has 0 bridgehead atoms. The summed E-state index contributed by atoms with van der Waals surface area (Å²) in [5.74, 6) is 0.983. The second-order valence-corrected chi connectivity index (χ2v) is 9.94. The van der Waals surface area contributed by atoms with Gasteiger partial charge in [-0.15, -0.1) is 0 Å². The summed E-state index contributed by atoms with van der Waals surface area (Å²) in [7, 11) is -3.66. The number of nitrogens with zero attached hydrogens (tertiary/aromatic N) is 2. The summed E-state index contributed by atoms with van der Waals surface area (Å²) in [4.78, 5) is 14.9. The van der Waals surface area contributed by atoms with Crippen molar-refractivity contribution in [2.75, 3.05) is 32.8 Å². The van der Waals surface area contributed by atoms with Crippen molar-refractivity contribution < 1.29 is 17.9 Å². The van der Waals surface area contributed by atoms with E-state index in [9.17, 15) is 13.2 Å². The lowest BCUT2D eigenvalue weighted by molar-refractivity contribution is 0.0661. The minimum absolute atomic E-state index is 0.0927. The van der Waals surface area contributed by atoms with E-state index in [1.807, 2.05) is 30.3 Å². The zero-order chi connectivity index (χ0) is 22.4. The molecule has 31 heavy (non-hydrogen) atoms. The molecule has 0 aromatic heterocycles. The van der Waals surface area contributed by atoms with Crippen LogP contribution in [0.2, 0.25) is 5.02 Å². The molecule has 2 aromatic carbocycles. The Morgan fingerprint density at radius 2 is 1.74 bits per heavy atom. The quantitative estimate of drug-likeness (QED) is 0.584. The highest BCUT2D eigenvalue weighted by atomic mass is 35.5. The van der Waals surface area contributed by atoms with Crippen molar-refractivity contribution in [3.05, 3.63) is 59.1 Å². The normalized spacial score (nSPS) is 15.3. The van der Waals surface area contributed by atoms with E-state index in [4.69, 9.17) is 16.3 Å². The topological polar surface area (TPSA) is 66.9 Å². The van der Waals surface area contributed by atoms with Gasteiger partial charge in [0.1, 0.15) is 5.75 Å². The molecule has 8 heteroatoms. The number of hydrogen-bond acceptors (Lipinski definition) is 4. The fourth-order valence-electron chi connectivity index (χ4n) is 3.75. The Labute approximate surface area is 189 Å². The molecule has 1 amide bonds. The molecule has 3 rings (SSSR count). The molecule has 0 radical (unpaired) electrons. The SMILES string of the molecule is CCN(CC)S(=O)(=O)c1ccc(Cl)c(C(=O)N2CCC(COc3ccccc3)CC2)c1. The Morgan fingerprint density at radius 3 is 2.35 bits per heavy atom. The molecule has 0 N–H and O–H groups in total. The van der Waals surface area contributed by atoms with Gasteiger partial charge in [0.15, 0.2) is 0 Å². The van der Waals surface area contributed by atoms with E-state index < -0.39 is 10.0 Å². The summed E-state index contributed by atoms with van der Waals surface area (Å²) >= 11 is 6.28. The predicted molar refractivity (Wildman–Crippen MR) is 122 cm³/mol. The Morgan fingerprint density at radius 1 is 1.10 bits per heavy atom. The Kier molecular flexibility index (Phi) is 7.97. The van der Waals surface area contributed by atoms with Crippen LogP contribution in [0.25, 0.3) is 0 Å². The Hall–Kier alpha value is -2.09. The van der Waals surface area contributed by atoms with Gasteiger partial charge in [-0.2, -0.15) is 4.31 Å². The van der Waals surface area contributed by atoms with Crippen LogP contribution in [0, 0.1) is 5.92 Å². The lowest BCUT2D eigenvalue weighted by Gasteiger charge is -2.32. The maximum Gasteiger partial charge on any atom is 0.255 e. The summed E-state index contributed by atoms with van der Waals surface area (Å²) in [5, 5.41) is 0.262. The van der Waals surface area contributed by atoms with E-state index in [2.05, 4.69) is 0 Å². The maximum absolute atomic E-state index is 13.1. The highest BCUT2D eigenvalue weighted by Crippen LogP contribution is 2.26. The van der Waals surface area contributed by atoms with E-state index >= 15 is 0 Å². The standard InChI is InChI=1S/C23H29ClN2O4S/c1-3-26(4-2)31(28,29)20-10-11-22(24)21(16-20)23(27)25-14-12-18(13-15-25)17-30-19-8-6-5-7-9-19/h5-11,16,18H,3-4,12-15,17H2,1-2H3. The predicted octanol–water partition coefficient (Wildman–Crippen LogP) is 4.30. The summed E-state index contributed by atoms with van der Waals surface area (Å²) in [6, 6.07) is 14.0. The van der Waals surface area contributed by atoms with E-state index in [1.165, 1.54) is 22.5 Å². The number of hydrogen-bond donors (Lipinski definition) is 0. The fraction of sp³-hybridized carbons (Fsp3) is 0.435. The molecule has 168 valence electrons. The van der Waals surface area contributed by atoms with Crippen LogP contribution in [0.5, 0.6) is 5.75 Å². The van der Waals surface area contributed by atoms with Gasteiger partial charge in [0, 0.05) is 26.2 Å². The number of halogens is 1. The number of benzene rings is 2. The van der Waals surface area contributed by atoms with Crippen molar-refractivity contribution in [2.24, 2.45) is 5.92 Å². The minimum Gasteiger partial charge on any atom is -0.493 e. The molecular formula is C23H29ClN2O4S. The van der Waals surface area contributed by atoms with Crippen LogP contribution in [-0.2, 0) is 10.0 Å². The van der Waals surface area contributed by atoms with Gasteiger partial charge >= 0.3 is 0 Å². The summed E-state index contributed by atoms with van der Waals surface area (Å²) in [6.07, 6.45) is 1.65. The van der Waals surface area contributed by atoms with Gasteiger partial charge in [-0.3, -0.25) is 4.79 Å². The number of rotatable bonds is 8. The molecule has 1 heterocycles. The van der Waals surface area contributed by atoms with Crippen molar-refractivity contribution in [3.8, 4) is 5.75 Å². The van der Waals surface area contributed by atoms with Gasteiger partial charge in [-0.25, -0.2) is 8.42 Å². The molecule has 0 aliphatic carbocycles. The average Bonchev–Trinajstić information content (AvgIpc) is 2.79. The summed E-state index contributed by atoms with van der Waals surface area (Å²) in [6.45, 7) is 6.09. The van der Waals surface area contributed by atoms with Crippen LogP contribution in [0.4, 0.5) is 0 Å². The van der Waals surface area contributed by atoms with Crippen LogP contribution in [0.3, 0.4) is 0 Å². The average molecular weight is 465 g/mol. The van der Waals surface area contributed by atoms with Crippen molar-refractivity contribution in [1.29, 1.82) is 0 Å². The van der Waals surface area contributed by atoms with Crippen LogP contribution in [0.15, 0.2) is 53.4 Å². The maximum atomic E-state index is 13.1. The molecule has 1 aliphatic heterocycles. The van der Waals surface area contributed by atoms with E-state index in [0.29, 0.717) is 38.7 Å². The number of ether oxygens (including phenoxy) is 1. The Bertz CT molecular complexity index is 986. The van der Waals surface area contributed by atoms with Gasteiger partial charge in [0.2, 0.25) is 10.0 Å². The lowest BCUT2D eigenvalue weighted by atomic mass is 9.97. The first-order valence-corrected chi connectivity index (χ1v) is 12.5. The van der Waals surface area contributed by atoms with Crippen LogP contribution in [0.1, 0.15) is 37.0 Å². The number of carbonyl (C=O) groups excluding carboxylic acids is 1. The van der Waals surface area contributed by atoms with Gasteiger partial charge in [0.25, 0.3) is 5.91 Å². The number of carbonyl (C=O) groups is 1. The van der Waals surface area contributed by atoms with Crippen molar-refractivity contribution in [2.45, 2.75) is 31.6 Å². The van der Waals surface area contributed by atoms with Crippen molar-refractivity contribution in [3.63, 3.8) is 0 Å². The molecule has 0 spiro atoms. The monoisotopic (exact) mass is 464 g/mol. The van der Waals surface area contributed by atoms with Crippen molar-refractivity contribution in [1.82, 2.24) is 9.21 Å². The van der Waals surface area contributed by atoms with E-state index in [0.717, 1.165) is 18.6 Å². The van der Waals surface area contributed by atoms with Crippen LogP contribution >= 0.6 is 11.6 Å². The third kappa shape index (κ3) is 5.59. The molecule has 1 fully saturated rings. The van der Waals surface area contributed by atoms with Gasteiger partial charge < -0.3 is 9.64 Å².